The third-order valence-corrected chi connectivity index (χ3v) is 3.36. The van der Waals surface area contributed by atoms with Crippen LogP contribution in [0, 0.1) is 0 Å². The van der Waals surface area contributed by atoms with E-state index < -0.39 is 17.8 Å². The number of hydrogen-bond donors (Lipinski definition) is 4. The first-order valence-electron chi connectivity index (χ1n) is 6.26. The van der Waals surface area contributed by atoms with Crippen LogP contribution in [-0.2, 0) is 9.53 Å². The van der Waals surface area contributed by atoms with Crippen molar-refractivity contribution in [1.29, 1.82) is 0 Å². The van der Waals surface area contributed by atoms with Gasteiger partial charge in [0.05, 0.1) is 5.02 Å². The maximum atomic E-state index is 11.6. The number of nitrogens with zero attached hydrogens (tertiary/aromatic N) is 2. The standard InChI is InChI=1S/C12H15ClN2O6/c1-2-3-4-9(16)21-12(18)14(19)8-6-5-7(13)11(17)10(8)15(12)20/h5-6,17-20H,2-4H2,1H3. The zero-order valence-corrected chi connectivity index (χ0v) is 11.9. The number of phenols is 1. The van der Waals surface area contributed by atoms with Gasteiger partial charge in [0.25, 0.3) is 0 Å². The minimum Gasteiger partial charge on any atom is -0.504 e. The normalized spacial score (nSPS) is 20.6. The van der Waals surface area contributed by atoms with Crippen LogP contribution >= 0.6 is 11.6 Å². The fourth-order valence-electron chi connectivity index (χ4n) is 1.93. The number of halogens is 1. The number of phenolic OH excluding ortho intramolecular Hbond substituents is 1. The summed E-state index contributed by atoms with van der Waals surface area (Å²) in [6, 6.07) is -0.384. The molecule has 21 heavy (non-hydrogen) atoms. The molecule has 1 aliphatic heterocycles. The number of hydroxylamine groups is 2. The first-order chi connectivity index (χ1) is 9.82. The number of benzene rings is 1. The second-order valence-corrected chi connectivity index (χ2v) is 4.95. The van der Waals surface area contributed by atoms with E-state index in [0.29, 0.717) is 6.42 Å². The van der Waals surface area contributed by atoms with Crippen LogP contribution < -0.4 is 10.1 Å². The van der Waals surface area contributed by atoms with Gasteiger partial charge in [0.15, 0.2) is 5.75 Å². The van der Waals surface area contributed by atoms with Crippen molar-refractivity contribution in [3.63, 3.8) is 0 Å². The van der Waals surface area contributed by atoms with E-state index in [0.717, 1.165) is 6.42 Å². The van der Waals surface area contributed by atoms with Gasteiger partial charge < -0.3 is 14.9 Å². The Morgan fingerprint density at radius 3 is 2.67 bits per heavy atom. The molecule has 0 saturated heterocycles. The largest absolute Gasteiger partial charge is 0.504 e. The van der Waals surface area contributed by atoms with Crippen molar-refractivity contribution in [3.8, 4) is 5.75 Å². The summed E-state index contributed by atoms with van der Waals surface area (Å²) >= 11 is 5.70. The maximum absolute atomic E-state index is 11.6. The van der Waals surface area contributed by atoms with Crippen LogP contribution in [0.3, 0.4) is 0 Å². The summed E-state index contributed by atoms with van der Waals surface area (Å²) in [6.45, 7) is 1.87. The third-order valence-electron chi connectivity index (χ3n) is 3.06. The van der Waals surface area contributed by atoms with Crippen LogP contribution in [0.2, 0.25) is 5.02 Å². The molecule has 1 aliphatic rings. The fraction of sp³-hybridized carbons (Fsp3) is 0.417. The van der Waals surface area contributed by atoms with E-state index in [1.165, 1.54) is 12.1 Å². The number of carbonyl (C=O) groups is 1. The lowest BCUT2D eigenvalue weighted by molar-refractivity contribution is -0.249. The van der Waals surface area contributed by atoms with E-state index in [1.807, 2.05) is 6.92 Å². The lowest BCUT2D eigenvalue weighted by atomic mass is 10.2. The molecule has 0 bridgehead atoms. The Morgan fingerprint density at radius 1 is 1.38 bits per heavy atom. The second kappa shape index (κ2) is 5.57. The molecule has 116 valence electrons. The number of esters is 1. The van der Waals surface area contributed by atoms with Crippen LogP contribution in [-0.4, -0.2) is 32.6 Å². The Morgan fingerprint density at radius 2 is 2.05 bits per heavy atom. The van der Waals surface area contributed by atoms with Gasteiger partial charge in [-0.15, -0.1) is 0 Å². The zero-order chi connectivity index (χ0) is 15.8. The van der Waals surface area contributed by atoms with E-state index in [9.17, 15) is 25.4 Å². The first-order valence-corrected chi connectivity index (χ1v) is 6.64. The van der Waals surface area contributed by atoms with Crippen molar-refractivity contribution in [3.05, 3.63) is 17.2 Å². The molecule has 1 unspecified atom stereocenters. The van der Waals surface area contributed by atoms with Crippen LogP contribution in [0.25, 0.3) is 0 Å². The lowest BCUT2D eigenvalue weighted by Crippen LogP contribution is -2.58. The van der Waals surface area contributed by atoms with Crippen molar-refractivity contribution < 1.29 is 30.2 Å². The van der Waals surface area contributed by atoms with Gasteiger partial charge in [-0.25, -0.2) is 0 Å². The average molecular weight is 319 g/mol. The smallest absolute Gasteiger partial charge is 0.434 e. The number of aliphatic hydroxyl groups is 1. The molecule has 1 heterocycles. The summed E-state index contributed by atoms with van der Waals surface area (Å²) in [4.78, 5) is 11.6. The number of anilines is 2. The molecule has 0 aromatic heterocycles. The van der Waals surface area contributed by atoms with E-state index in [1.54, 1.807) is 0 Å². The molecule has 8 nitrogen and oxygen atoms in total. The van der Waals surface area contributed by atoms with Crippen molar-refractivity contribution >= 4 is 28.9 Å². The Hall–Kier alpha value is -1.74. The average Bonchev–Trinajstić information content (AvgIpc) is 2.63. The summed E-state index contributed by atoms with van der Waals surface area (Å²) in [7, 11) is 0. The zero-order valence-electron chi connectivity index (χ0n) is 11.2. The summed E-state index contributed by atoms with van der Waals surface area (Å²) in [5.41, 5.74) is -0.555. The Balaban J connectivity index is 2.31. The highest BCUT2D eigenvalue weighted by atomic mass is 35.5. The van der Waals surface area contributed by atoms with E-state index in [-0.39, 0.29) is 32.9 Å². The van der Waals surface area contributed by atoms with Crippen molar-refractivity contribution in [1.82, 2.24) is 0 Å². The van der Waals surface area contributed by atoms with Crippen LogP contribution in [0.1, 0.15) is 26.2 Å². The molecule has 2 rings (SSSR count). The number of hydrogen-bond acceptors (Lipinski definition) is 8. The summed E-state index contributed by atoms with van der Waals surface area (Å²) < 4.78 is 4.72. The van der Waals surface area contributed by atoms with E-state index in [2.05, 4.69) is 0 Å². The first kappa shape index (κ1) is 15.6. The molecule has 0 saturated carbocycles. The molecule has 0 fully saturated rings. The van der Waals surface area contributed by atoms with Crippen molar-refractivity contribution in [2.24, 2.45) is 0 Å². The van der Waals surface area contributed by atoms with Gasteiger partial charge >= 0.3 is 12.0 Å². The van der Waals surface area contributed by atoms with Gasteiger partial charge in [0.2, 0.25) is 0 Å². The predicted molar refractivity (Wildman–Crippen MR) is 72.2 cm³/mol. The number of aromatic hydroxyl groups is 1. The quantitative estimate of drug-likeness (QED) is 0.491. The molecule has 0 aliphatic carbocycles. The lowest BCUT2D eigenvalue weighted by Gasteiger charge is -2.31. The highest BCUT2D eigenvalue weighted by molar-refractivity contribution is 6.32. The molecule has 0 radical (unpaired) electrons. The highest BCUT2D eigenvalue weighted by Crippen LogP contribution is 2.50. The Labute approximate surface area is 125 Å². The monoisotopic (exact) mass is 318 g/mol. The van der Waals surface area contributed by atoms with E-state index >= 15 is 0 Å². The number of fused-ring (bicyclic) bond motifs is 1. The van der Waals surface area contributed by atoms with Crippen molar-refractivity contribution in [2.75, 3.05) is 10.1 Å². The van der Waals surface area contributed by atoms with Crippen LogP contribution in [0.15, 0.2) is 12.1 Å². The Kier molecular flexibility index (Phi) is 4.15. The van der Waals surface area contributed by atoms with Gasteiger partial charge in [0, 0.05) is 6.42 Å². The molecule has 1 aromatic rings. The molecule has 0 amide bonds. The molecule has 0 spiro atoms. The second-order valence-electron chi connectivity index (χ2n) is 4.54. The summed E-state index contributed by atoms with van der Waals surface area (Å²) in [5.74, 6) is -1.40. The maximum Gasteiger partial charge on any atom is 0.434 e. The summed E-state index contributed by atoms with van der Waals surface area (Å²) in [5, 5.41) is 39.9. The molecule has 1 aromatic carbocycles. The van der Waals surface area contributed by atoms with Crippen LogP contribution in [0.5, 0.6) is 5.75 Å². The fourth-order valence-corrected chi connectivity index (χ4v) is 2.08. The van der Waals surface area contributed by atoms with Gasteiger partial charge in [-0.1, -0.05) is 24.9 Å². The van der Waals surface area contributed by atoms with Gasteiger partial charge in [-0.2, -0.15) is 10.1 Å². The predicted octanol–water partition coefficient (Wildman–Crippen LogP) is 1.79. The molecular formula is C12H15ClN2O6. The Bertz CT molecular complexity index is 569. The summed E-state index contributed by atoms with van der Waals surface area (Å²) in [6.07, 6.45) is 1.26. The number of ether oxygens (including phenoxy) is 1. The van der Waals surface area contributed by atoms with Crippen LogP contribution in [0.4, 0.5) is 11.4 Å². The minimum atomic E-state index is -2.87. The number of unbranched alkanes of at least 4 members (excludes halogenated alkanes) is 1. The highest BCUT2D eigenvalue weighted by Gasteiger charge is 2.54. The topological polar surface area (TPSA) is 114 Å². The minimum absolute atomic E-state index is 0.00355. The SMILES string of the molecule is CCCCC(=O)OC1(O)N(O)c2ccc(Cl)c(O)c2N1O. The van der Waals surface area contributed by atoms with Gasteiger partial charge in [-0.05, 0) is 18.6 Å². The molecule has 1 atom stereocenters. The third kappa shape index (κ3) is 2.46. The van der Waals surface area contributed by atoms with Gasteiger partial charge in [0.1, 0.15) is 11.4 Å². The molecule has 4 N–H and O–H groups in total. The molecular weight excluding hydrogens is 304 g/mol. The number of carbonyl (C=O) groups excluding carboxylic acids is 1. The van der Waals surface area contributed by atoms with E-state index in [4.69, 9.17) is 16.3 Å². The van der Waals surface area contributed by atoms with Crippen molar-refractivity contribution in [2.45, 2.75) is 32.2 Å². The number of rotatable bonds is 4. The van der Waals surface area contributed by atoms with Gasteiger partial charge in [-0.3, -0.25) is 15.2 Å². The molecule has 9 heteroatoms.